The number of hydrogen-bond donors (Lipinski definition) is 1. The summed E-state index contributed by atoms with van der Waals surface area (Å²) in [6, 6.07) is 5.89. The molecule has 1 N–H and O–H groups in total. The van der Waals surface area contributed by atoms with E-state index in [1.807, 2.05) is 25.2 Å². The molecule has 1 saturated heterocycles. The number of benzene rings is 1. The predicted octanol–water partition coefficient (Wildman–Crippen LogP) is 3.79. The number of ether oxygens (including phenoxy) is 1. The van der Waals surface area contributed by atoms with Gasteiger partial charge in [0.15, 0.2) is 0 Å². The first-order valence-corrected chi connectivity index (χ1v) is 13.5. The Morgan fingerprint density at radius 2 is 2.00 bits per heavy atom. The molecular formula is C29H40N4O3. The smallest absolute Gasteiger partial charge is 0.228 e. The van der Waals surface area contributed by atoms with Crippen LogP contribution < -0.4 is 5.32 Å². The maximum Gasteiger partial charge on any atom is 0.228 e. The number of rotatable bonds is 9. The molecule has 1 atom stereocenters. The minimum absolute atomic E-state index is 0.133. The fourth-order valence-corrected chi connectivity index (χ4v) is 5.81. The number of carbonyl (C=O) groups is 2. The van der Waals surface area contributed by atoms with Crippen LogP contribution >= 0.6 is 0 Å². The standard InChI is InChI=1S/C29H40N4O3/c1-30-29(35)26(14-7-19-34)27-25-13-6-11-23(28(25)32(2)31-27)12-8-20-36-24-15-17-33(18-16-24)21-22-9-4-3-5-10-22/h6,11,13,19,22,24,26H,3-5,7,9-10,14-18,20-21H2,1-2H3,(H,30,35). The zero-order valence-electron chi connectivity index (χ0n) is 21.8. The Kier molecular flexibility index (Phi) is 9.54. The zero-order valence-corrected chi connectivity index (χ0v) is 21.8. The van der Waals surface area contributed by atoms with E-state index in [2.05, 4.69) is 27.2 Å². The number of hydrogen-bond acceptors (Lipinski definition) is 5. The molecule has 1 amide bonds. The van der Waals surface area contributed by atoms with Gasteiger partial charge in [-0.15, -0.1) is 0 Å². The van der Waals surface area contributed by atoms with Gasteiger partial charge < -0.3 is 19.7 Å². The highest BCUT2D eigenvalue weighted by Crippen LogP contribution is 2.30. The number of likely N-dealkylation sites (N-methyl/N-ethyl adjacent to an activating group) is 1. The van der Waals surface area contributed by atoms with Gasteiger partial charge in [-0.3, -0.25) is 9.48 Å². The van der Waals surface area contributed by atoms with Gasteiger partial charge in [0.1, 0.15) is 12.9 Å². The quantitative estimate of drug-likeness (QED) is 0.426. The maximum atomic E-state index is 12.5. The van der Waals surface area contributed by atoms with Gasteiger partial charge in [-0.1, -0.05) is 43.2 Å². The van der Waals surface area contributed by atoms with Gasteiger partial charge in [-0.2, -0.15) is 5.10 Å². The lowest BCUT2D eigenvalue weighted by Crippen LogP contribution is -2.40. The van der Waals surface area contributed by atoms with Crippen LogP contribution in [0.5, 0.6) is 0 Å². The van der Waals surface area contributed by atoms with Crippen molar-refractivity contribution in [2.75, 3.05) is 33.3 Å². The van der Waals surface area contributed by atoms with Crippen LogP contribution in [-0.2, 0) is 21.4 Å². The molecule has 2 aromatic rings. The van der Waals surface area contributed by atoms with Gasteiger partial charge in [-0.25, -0.2) is 0 Å². The molecule has 4 rings (SSSR count). The number of piperidine rings is 1. The second-order valence-electron chi connectivity index (χ2n) is 10.2. The normalized spacial score (nSPS) is 18.5. The average Bonchev–Trinajstić information content (AvgIpc) is 3.25. The summed E-state index contributed by atoms with van der Waals surface area (Å²) in [6.07, 6.45) is 11.1. The number of amides is 1. The Bertz CT molecular complexity index is 1090. The van der Waals surface area contributed by atoms with E-state index < -0.39 is 5.92 Å². The highest BCUT2D eigenvalue weighted by Gasteiger charge is 2.26. The average molecular weight is 493 g/mol. The fraction of sp³-hybridized carbons (Fsp3) is 0.621. The number of fused-ring (bicyclic) bond motifs is 1. The van der Waals surface area contributed by atoms with Crippen molar-refractivity contribution < 1.29 is 14.3 Å². The van der Waals surface area contributed by atoms with Crippen LogP contribution in [0.2, 0.25) is 0 Å². The number of carbonyl (C=O) groups excluding carboxylic acids is 2. The van der Waals surface area contributed by atoms with Gasteiger partial charge in [-0.05, 0) is 44.1 Å². The predicted molar refractivity (Wildman–Crippen MR) is 142 cm³/mol. The van der Waals surface area contributed by atoms with E-state index >= 15 is 0 Å². The summed E-state index contributed by atoms with van der Waals surface area (Å²) in [5.74, 6) is 6.76. The number of para-hydroxylation sites is 1. The Morgan fingerprint density at radius 1 is 1.22 bits per heavy atom. The molecule has 1 unspecified atom stereocenters. The fourth-order valence-electron chi connectivity index (χ4n) is 5.81. The molecule has 0 spiro atoms. The minimum atomic E-state index is -0.473. The lowest BCUT2D eigenvalue weighted by Gasteiger charge is -2.35. The molecule has 0 bridgehead atoms. The highest BCUT2D eigenvalue weighted by atomic mass is 16.5. The molecule has 2 heterocycles. The topological polar surface area (TPSA) is 76.5 Å². The molecule has 7 nitrogen and oxygen atoms in total. The summed E-state index contributed by atoms with van der Waals surface area (Å²) in [4.78, 5) is 26.1. The van der Waals surface area contributed by atoms with Crippen LogP contribution in [0.1, 0.15) is 75.0 Å². The Balaban J connectivity index is 1.35. The third-order valence-electron chi connectivity index (χ3n) is 7.75. The molecule has 7 heteroatoms. The molecule has 0 radical (unpaired) electrons. The van der Waals surface area contributed by atoms with Crippen LogP contribution in [0, 0.1) is 17.8 Å². The van der Waals surface area contributed by atoms with Crippen molar-refractivity contribution in [1.29, 1.82) is 0 Å². The summed E-state index contributed by atoms with van der Waals surface area (Å²) in [6.45, 7) is 3.93. The first kappa shape index (κ1) is 26.4. The van der Waals surface area contributed by atoms with Crippen LogP contribution in [0.25, 0.3) is 10.9 Å². The van der Waals surface area contributed by atoms with Crippen LogP contribution in [0.4, 0.5) is 0 Å². The van der Waals surface area contributed by atoms with Crippen molar-refractivity contribution in [2.24, 2.45) is 13.0 Å². The van der Waals surface area contributed by atoms with E-state index in [0.29, 0.717) is 25.1 Å². The van der Waals surface area contributed by atoms with Crippen molar-refractivity contribution in [2.45, 2.75) is 69.8 Å². The second kappa shape index (κ2) is 13.0. The van der Waals surface area contributed by atoms with Gasteiger partial charge in [0.2, 0.25) is 5.91 Å². The maximum absolute atomic E-state index is 12.5. The Hall–Kier alpha value is -2.69. The molecule has 1 aliphatic heterocycles. The van der Waals surface area contributed by atoms with Gasteiger partial charge in [0.05, 0.1) is 28.8 Å². The van der Waals surface area contributed by atoms with Crippen molar-refractivity contribution in [1.82, 2.24) is 20.0 Å². The van der Waals surface area contributed by atoms with Crippen LogP contribution in [0.3, 0.4) is 0 Å². The molecule has 36 heavy (non-hydrogen) atoms. The molecule has 2 fully saturated rings. The number of aldehydes is 1. The van der Waals surface area contributed by atoms with Crippen molar-refractivity contribution in [3.63, 3.8) is 0 Å². The van der Waals surface area contributed by atoms with Crippen molar-refractivity contribution in [3.05, 3.63) is 29.5 Å². The van der Waals surface area contributed by atoms with E-state index in [4.69, 9.17) is 4.74 Å². The van der Waals surface area contributed by atoms with E-state index in [9.17, 15) is 9.59 Å². The number of nitrogens with one attached hydrogen (secondary N) is 1. The molecule has 2 aliphatic rings. The molecule has 1 aromatic carbocycles. The van der Waals surface area contributed by atoms with Crippen LogP contribution in [-0.4, -0.2) is 66.3 Å². The lowest BCUT2D eigenvalue weighted by atomic mass is 9.88. The summed E-state index contributed by atoms with van der Waals surface area (Å²) in [7, 11) is 3.48. The van der Waals surface area contributed by atoms with E-state index in [0.717, 1.165) is 54.6 Å². The summed E-state index contributed by atoms with van der Waals surface area (Å²) < 4.78 is 7.90. The lowest BCUT2D eigenvalue weighted by molar-refractivity contribution is -0.122. The Labute approximate surface area is 214 Å². The van der Waals surface area contributed by atoms with Gasteiger partial charge >= 0.3 is 0 Å². The van der Waals surface area contributed by atoms with Crippen molar-refractivity contribution in [3.8, 4) is 11.8 Å². The monoisotopic (exact) mass is 492 g/mol. The first-order chi connectivity index (χ1) is 17.6. The molecule has 1 aliphatic carbocycles. The Morgan fingerprint density at radius 3 is 2.72 bits per heavy atom. The summed E-state index contributed by atoms with van der Waals surface area (Å²) in [5, 5.41) is 8.26. The molecule has 194 valence electrons. The third-order valence-corrected chi connectivity index (χ3v) is 7.75. The highest BCUT2D eigenvalue weighted by molar-refractivity contribution is 5.93. The summed E-state index contributed by atoms with van der Waals surface area (Å²) >= 11 is 0. The van der Waals surface area contributed by atoms with Crippen molar-refractivity contribution >= 4 is 23.1 Å². The van der Waals surface area contributed by atoms with Gasteiger partial charge in [0.25, 0.3) is 0 Å². The minimum Gasteiger partial charge on any atom is -0.365 e. The zero-order chi connectivity index (χ0) is 25.3. The molecule has 1 aromatic heterocycles. The number of aryl methyl sites for hydroxylation is 1. The number of aromatic nitrogens is 2. The molecule has 1 saturated carbocycles. The second-order valence-corrected chi connectivity index (χ2v) is 10.2. The van der Waals surface area contributed by atoms with Crippen LogP contribution in [0.15, 0.2) is 18.2 Å². The largest absolute Gasteiger partial charge is 0.365 e. The van der Waals surface area contributed by atoms with E-state index in [-0.39, 0.29) is 12.0 Å². The third kappa shape index (κ3) is 6.54. The SMILES string of the molecule is CNC(=O)C(CCC=O)c1nn(C)c2c(C#CCOC3CCN(CC4CCCCC4)CC3)cccc12. The van der Waals surface area contributed by atoms with E-state index in [1.54, 1.807) is 11.7 Å². The summed E-state index contributed by atoms with van der Waals surface area (Å²) in [5.41, 5.74) is 2.45. The number of likely N-dealkylation sites (tertiary alicyclic amines) is 1. The first-order valence-electron chi connectivity index (χ1n) is 13.5. The molecular weight excluding hydrogens is 452 g/mol. The van der Waals surface area contributed by atoms with Gasteiger partial charge in [0, 0.05) is 45.5 Å². The van der Waals surface area contributed by atoms with E-state index in [1.165, 1.54) is 38.6 Å². The number of nitrogens with zero attached hydrogens (tertiary/aromatic N) is 3.